The van der Waals surface area contributed by atoms with Crippen LogP contribution in [-0.4, -0.2) is 69.8 Å². The Labute approximate surface area is 218 Å². The van der Waals surface area contributed by atoms with Crippen LogP contribution in [0, 0.1) is 11.3 Å². The smallest absolute Gasteiger partial charge is 0.158 e. The SMILES string of the molecule is COc1ccc(C2C(C#N)=C(S[C@@H]3O[C@H](CO)[C@@H](O)[C@H](O)[C@H]3O)NC(c3ccccc3)=C2C(C)=O)cc1. The molecule has 1 fully saturated rings. The molecule has 2 heterocycles. The molecule has 194 valence electrons. The Kier molecular flexibility index (Phi) is 8.34. The number of nitrogens with one attached hydrogen (secondary N) is 1. The van der Waals surface area contributed by atoms with Gasteiger partial charge in [0.15, 0.2) is 5.78 Å². The first-order chi connectivity index (χ1) is 17.8. The van der Waals surface area contributed by atoms with Crippen molar-refractivity contribution in [2.24, 2.45) is 0 Å². The number of aliphatic hydroxyl groups is 4. The summed E-state index contributed by atoms with van der Waals surface area (Å²) in [5.74, 6) is -0.346. The maximum atomic E-state index is 13.0. The van der Waals surface area contributed by atoms with Gasteiger partial charge in [0.05, 0.1) is 42.0 Å². The largest absolute Gasteiger partial charge is 0.497 e. The molecule has 0 radical (unpaired) electrons. The first-order valence-electron chi connectivity index (χ1n) is 11.6. The lowest BCUT2D eigenvalue weighted by atomic mass is 9.79. The highest BCUT2D eigenvalue weighted by molar-refractivity contribution is 8.03. The minimum atomic E-state index is -1.56. The van der Waals surface area contributed by atoms with Crippen LogP contribution in [0.1, 0.15) is 24.0 Å². The van der Waals surface area contributed by atoms with E-state index in [2.05, 4.69) is 11.4 Å². The standard InChI is InChI=1S/C27H28N2O7S/c1-14(31)20-21(15-8-10-17(35-2)11-9-15)18(12-28)26(29-22(20)16-6-4-3-5-7-16)37-27-25(34)24(33)23(32)19(13-30)36-27/h3-11,19,21,23-25,27,29-30,32-34H,13H2,1-2H3/t19-,21?,23-,24+,25-,27+/m1/s1. The summed E-state index contributed by atoms with van der Waals surface area (Å²) in [5, 5.41) is 54.5. The van der Waals surface area contributed by atoms with Crippen molar-refractivity contribution >= 4 is 23.2 Å². The van der Waals surface area contributed by atoms with Gasteiger partial charge in [-0.1, -0.05) is 54.2 Å². The molecule has 5 N–H and O–H groups in total. The first-order valence-corrected chi connectivity index (χ1v) is 12.5. The van der Waals surface area contributed by atoms with Crippen molar-refractivity contribution in [3.05, 3.63) is 81.9 Å². The van der Waals surface area contributed by atoms with Crippen LogP contribution in [-0.2, 0) is 9.53 Å². The number of rotatable bonds is 7. The van der Waals surface area contributed by atoms with Crippen molar-refractivity contribution in [1.29, 1.82) is 5.26 Å². The van der Waals surface area contributed by atoms with Crippen molar-refractivity contribution in [2.45, 2.75) is 42.7 Å². The molecular weight excluding hydrogens is 496 g/mol. The van der Waals surface area contributed by atoms with Crippen LogP contribution in [0.2, 0.25) is 0 Å². The van der Waals surface area contributed by atoms with E-state index >= 15 is 0 Å². The zero-order chi connectivity index (χ0) is 26.7. The van der Waals surface area contributed by atoms with Crippen LogP contribution < -0.4 is 10.1 Å². The summed E-state index contributed by atoms with van der Waals surface area (Å²) in [6.07, 6.45) is -5.67. The van der Waals surface area contributed by atoms with Crippen molar-refractivity contribution in [2.75, 3.05) is 13.7 Å². The molecule has 2 aromatic rings. The summed E-state index contributed by atoms with van der Waals surface area (Å²) in [6.45, 7) is 0.874. The molecule has 10 heteroatoms. The van der Waals surface area contributed by atoms with Crippen LogP contribution in [0.3, 0.4) is 0 Å². The van der Waals surface area contributed by atoms with Gasteiger partial charge in [-0.2, -0.15) is 5.26 Å². The average Bonchev–Trinajstić information content (AvgIpc) is 2.92. The fourth-order valence-electron chi connectivity index (χ4n) is 4.50. The Morgan fingerprint density at radius 2 is 1.76 bits per heavy atom. The molecule has 4 rings (SSSR count). The van der Waals surface area contributed by atoms with Crippen LogP contribution in [0.4, 0.5) is 0 Å². The molecule has 1 saturated heterocycles. The van der Waals surface area contributed by atoms with Gasteiger partial charge in [-0.3, -0.25) is 4.79 Å². The fraction of sp³-hybridized carbons (Fsp3) is 0.333. The monoisotopic (exact) mass is 524 g/mol. The molecule has 0 amide bonds. The molecular formula is C27H28N2O7S. The summed E-state index contributed by atoms with van der Waals surface area (Å²) in [7, 11) is 1.55. The molecule has 2 aromatic carbocycles. The second-order valence-electron chi connectivity index (χ2n) is 8.71. The number of ketones is 1. The number of aliphatic hydroxyl groups excluding tert-OH is 4. The highest BCUT2D eigenvalue weighted by Crippen LogP contribution is 2.45. The topological polar surface area (TPSA) is 152 Å². The van der Waals surface area contributed by atoms with Gasteiger partial charge >= 0.3 is 0 Å². The van der Waals surface area contributed by atoms with E-state index in [-0.39, 0.29) is 11.4 Å². The van der Waals surface area contributed by atoms with Crippen molar-refractivity contribution < 1.29 is 34.7 Å². The number of benzene rings is 2. The molecule has 0 saturated carbocycles. The fourth-order valence-corrected chi connectivity index (χ4v) is 5.68. The second-order valence-corrected chi connectivity index (χ2v) is 9.82. The van der Waals surface area contributed by atoms with Crippen LogP contribution in [0.15, 0.2) is 70.8 Å². The summed E-state index contributed by atoms with van der Waals surface area (Å²) < 4.78 is 10.9. The molecule has 2 aliphatic heterocycles. The molecule has 0 aromatic heterocycles. The Morgan fingerprint density at radius 1 is 1.08 bits per heavy atom. The molecule has 0 aliphatic carbocycles. The predicted octanol–water partition coefficient (Wildman–Crippen LogP) is 1.65. The third-order valence-electron chi connectivity index (χ3n) is 6.42. The maximum Gasteiger partial charge on any atom is 0.158 e. The number of Topliss-reactive ketones (excluding diaryl/α,β-unsaturated/α-hetero) is 1. The van der Waals surface area contributed by atoms with E-state index in [0.717, 1.165) is 17.3 Å². The number of hydrogen-bond donors (Lipinski definition) is 5. The van der Waals surface area contributed by atoms with E-state index < -0.39 is 42.4 Å². The lowest BCUT2D eigenvalue weighted by Crippen LogP contribution is -2.57. The molecule has 0 bridgehead atoms. The zero-order valence-corrected chi connectivity index (χ0v) is 21.1. The summed E-state index contributed by atoms with van der Waals surface area (Å²) in [6, 6.07) is 18.5. The summed E-state index contributed by atoms with van der Waals surface area (Å²) in [4.78, 5) is 13.0. The Balaban J connectivity index is 1.85. The normalized spacial score (nSPS) is 27.9. The van der Waals surface area contributed by atoms with E-state index in [9.17, 15) is 30.5 Å². The zero-order valence-electron chi connectivity index (χ0n) is 20.2. The van der Waals surface area contributed by atoms with Gasteiger partial charge in [-0.15, -0.1) is 0 Å². The summed E-state index contributed by atoms with van der Waals surface area (Å²) >= 11 is 0.947. The molecule has 2 aliphatic rings. The van der Waals surface area contributed by atoms with E-state index in [1.54, 1.807) is 31.4 Å². The predicted molar refractivity (Wildman–Crippen MR) is 137 cm³/mol. The van der Waals surface area contributed by atoms with Crippen molar-refractivity contribution in [3.8, 4) is 11.8 Å². The number of hydrogen-bond acceptors (Lipinski definition) is 10. The van der Waals surface area contributed by atoms with Crippen LogP contribution in [0.25, 0.3) is 5.70 Å². The number of allylic oxidation sites excluding steroid dienone is 2. The summed E-state index contributed by atoms with van der Waals surface area (Å²) in [5.41, 5.74) is 1.40. The Hall–Kier alpha value is -3.17. The van der Waals surface area contributed by atoms with Gasteiger partial charge in [0, 0.05) is 5.57 Å². The first kappa shape index (κ1) is 26.9. The lowest BCUT2D eigenvalue weighted by molar-refractivity contribution is -0.205. The van der Waals surface area contributed by atoms with Gasteiger partial charge in [0.1, 0.15) is 35.6 Å². The number of thioether (sulfide) groups is 1. The average molecular weight is 525 g/mol. The molecule has 6 atom stereocenters. The van der Waals surface area contributed by atoms with Crippen LogP contribution >= 0.6 is 11.8 Å². The van der Waals surface area contributed by atoms with E-state index in [0.29, 0.717) is 27.6 Å². The Bertz CT molecular complexity index is 1240. The number of nitriles is 1. The Morgan fingerprint density at radius 3 is 2.32 bits per heavy atom. The van der Waals surface area contributed by atoms with Crippen LogP contribution in [0.5, 0.6) is 5.75 Å². The third-order valence-corrected chi connectivity index (χ3v) is 7.60. The molecule has 9 nitrogen and oxygen atoms in total. The molecule has 0 spiro atoms. The van der Waals surface area contributed by atoms with Gasteiger partial charge in [-0.25, -0.2) is 0 Å². The van der Waals surface area contributed by atoms with E-state index in [4.69, 9.17) is 9.47 Å². The number of dihydropyridines is 1. The molecule has 37 heavy (non-hydrogen) atoms. The highest BCUT2D eigenvalue weighted by Gasteiger charge is 2.45. The third kappa shape index (κ3) is 5.29. The van der Waals surface area contributed by atoms with E-state index in [1.807, 2.05) is 30.3 Å². The van der Waals surface area contributed by atoms with Gasteiger partial charge in [0.25, 0.3) is 0 Å². The minimum absolute atomic E-state index is 0.219. The second kappa shape index (κ2) is 11.5. The van der Waals surface area contributed by atoms with Gasteiger partial charge in [0.2, 0.25) is 0 Å². The highest BCUT2D eigenvalue weighted by atomic mass is 32.2. The minimum Gasteiger partial charge on any atom is -0.497 e. The quantitative estimate of drug-likeness (QED) is 0.361. The van der Waals surface area contributed by atoms with Gasteiger partial charge < -0.3 is 35.2 Å². The van der Waals surface area contributed by atoms with Crippen molar-refractivity contribution in [3.63, 3.8) is 0 Å². The lowest BCUT2D eigenvalue weighted by Gasteiger charge is -2.40. The van der Waals surface area contributed by atoms with Gasteiger partial charge in [-0.05, 0) is 30.2 Å². The number of ether oxygens (including phenoxy) is 2. The maximum absolute atomic E-state index is 13.0. The number of nitrogens with zero attached hydrogens (tertiary/aromatic N) is 1. The number of carbonyl (C=O) groups excluding carboxylic acids is 1. The molecule has 1 unspecified atom stereocenters. The number of methoxy groups -OCH3 is 1. The van der Waals surface area contributed by atoms with Crippen molar-refractivity contribution in [1.82, 2.24) is 5.32 Å². The number of carbonyl (C=O) groups is 1. The van der Waals surface area contributed by atoms with E-state index in [1.165, 1.54) is 6.92 Å².